The SMILES string of the molecule is CCOc1cc(C(=O)[C@H]2C(=O)c3cc(-c4nnn[nH]4)ccc3OC23CCNCC3)nc2c(C3CC3)nccc12. The number of nitrogens with zero attached hydrogens (tertiary/aromatic N) is 5. The van der Waals surface area contributed by atoms with Crippen LogP contribution in [-0.2, 0) is 0 Å². The average Bonchev–Trinajstić information content (AvgIpc) is 3.66. The lowest BCUT2D eigenvalue weighted by Gasteiger charge is -2.45. The number of piperidine rings is 1. The van der Waals surface area contributed by atoms with Crippen LogP contribution in [0.3, 0.4) is 0 Å². The van der Waals surface area contributed by atoms with Crippen LogP contribution in [0.25, 0.3) is 22.3 Å². The summed E-state index contributed by atoms with van der Waals surface area (Å²) < 4.78 is 12.5. The molecule has 1 saturated carbocycles. The summed E-state index contributed by atoms with van der Waals surface area (Å²) in [5.41, 5.74) is 1.72. The molecule has 2 aliphatic heterocycles. The van der Waals surface area contributed by atoms with E-state index in [0.29, 0.717) is 72.4 Å². The molecule has 3 aromatic heterocycles. The second-order valence-electron chi connectivity index (χ2n) is 10.3. The molecule has 5 heterocycles. The Hall–Kier alpha value is -4.25. The van der Waals surface area contributed by atoms with Crippen LogP contribution in [0, 0.1) is 5.92 Å². The van der Waals surface area contributed by atoms with Crippen molar-refractivity contribution in [1.29, 1.82) is 0 Å². The summed E-state index contributed by atoms with van der Waals surface area (Å²) >= 11 is 0. The number of rotatable bonds is 6. The molecule has 0 radical (unpaired) electrons. The van der Waals surface area contributed by atoms with E-state index in [9.17, 15) is 9.59 Å². The van der Waals surface area contributed by atoms with Gasteiger partial charge in [0, 0.05) is 42.0 Å². The molecule has 0 amide bonds. The summed E-state index contributed by atoms with van der Waals surface area (Å²) in [4.78, 5) is 38.1. The van der Waals surface area contributed by atoms with Crippen molar-refractivity contribution in [2.75, 3.05) is 19.7 Å². The monoisotopic (exact) mass is 525 g/mol. The average molecular weight is 526 g/mol. The minimum Gasteiger partial charge on any atom is -0.493 e. The number of hydrogen-bond acceptors (Lipinski definition) is 10. The molecular formula is C28H27N7O4. The molecule has 1 spiro atoms. The van der Waals surface area contributed by atoms with Gasteiger partial charge in [0.2, 0.25) is 0 Å². The van der Waals surface area contributed by atoms with Gasteiger partial charge in [-0.25, -0.2) is 10.1 Å². The molecule has 1 atom stereocenters. The van der Waals surface area contributed by atoms with Gasteiger partial charge in [0.15, 0.2) is 17.4 Å². The van der Waals surface area contributed by atoms with Crippen molar-refractivity contribution in [3.63, 3.8) is 0 Å². The highest BCUT2D eigenvalue weighted by atomic mass is 16.5. The first-order valence-electron chi connectivity index (χ1n) is 13.4. The van der Waals surface area contributed by atoms with E-state index in [4.69, 9.17) is 14.5 Å². The van der Waals surface area contributed by atoms with Crippen molar-refractivity contribution < 1.29 is 19.1 Å². The third-order valence-electron chi connectivity index (χ3n) is 7.91. The van der Waals surface area contributed by atoms with Gasteiger partial charge in [-0.3, -0.25) is 14.6 Å². The van der Waals surface area contributed by atoms with Gasteiger partial charge >= 0.3 is 0 Å². The Kier molecular flexibility index (Phi) is 5.62. The first kappa shape index (κ1) is 23.8. The van der Waals surface area contributed by atoms with Crippen LogP contribution >= 0.6 is 0 Å². The van der Waals surface area contributed by atoms with Crippen molar-refractivity contribution in [3.05, 3.63) is 53.5 Å². The third-order valence-corrected chi connectivity index (χ3v) is 7.91. The van der Waals surface area contributed by atoms with Crippen molar-refractivity contribution in [3.8, 4) is 22.9 Å². The number of carbonyl (C=O) groups excluding carboxylic acids is 2. The number of aromatic amines is 1. The molecule has 39 heavy (non-hydrogen) atoms. The zero-order valence-corrected chi connectivity index (χ0v) is 21.4. The van der Waals surface area contributed by atoms with Crippen LogP contribution in [0.15, 0.2) is 36.5 Å². The topological polar surface area (TPSA) is 145 Å². The Morgan fingerprint density at radius 2 is 2.03 bits per heavy atom. The fraction of sp³-hybridized carbons (Fsp3) is 0.393. The minimum absolute atomic E-state index is 0.194. The Morgan fingerprint density at radius 3 is 2.77 bits per heavy atom. The molecule has 2 N–H and O–H groups in total. The van der Waals surface area contributed by atoms with E-state index in [0.717, 1.165) is 23.9 Å². The molecule has 1 aliphatic carbocycles. The van der Waals surface area contributed by atoms with Crippen LogP contribution < -0.4 is 14.8 Å². The molecule has 1 saturated heterocycles. The maximum atomic E-state index is 14.4. The first-order valence-corrected chi connectivity index (χ1v) is 13.4. The molecule has 0 unspecified atom stereocenters. The summed E-state index contributed by atoms with van der Waals surface area (Å²) in [5, 5.41) is 18.1. The van der Waals surface area contributed by atoms with Gasteiger partial charge in [0.1, 0.15) is 28.7 Å². The fourth-order valence-electron chi connectivity index (χ4n) is 5.86. The molecule has 11 heteroatoms. The highest BCUT2D eigenvalue weighted by Crippen LogP contribution is 2.46. The normalized spacial score (nSPS) is 20.0. The van der Waals surface area contributed by atoms with Crippen LogP contribution in [0.5, 0.6) is 11.5 Å². The minimum atomic E-state index is -1.06. The zero-order valence-electron chi connectivity index (χ0n) is 21.4. The van der Waals surface area contributed by atoms with Crippen LogP contribution in [0.4, 0.5) is 0 Å². The van der Waals surface area contributed by atoms with Gasteiger partial charge in [-0.15, -0.1) is 5.10 Å². The van der Waals surface area contributed by atoms with E-state index in [1.807, 2.05) is 13.0 Å². The van der Waals surface area contributed by atoms with Crippen molar-refractivity contribution in [2.45, 2.75) is 44.1 Å². The van der Waals surface area contributed by atoms with Gasteiger partial charge < -0.3 is 14.8 Å². The van der Waals surface area contributed by atoms with E-state index in [1.54, 1.807) is 30.5 Å². The number of benzene rings is 1. The molecule has 4 aromatic rings. The van der Waals surface area contributed by atoms with Gasteiger partial charge in [-0.1, -0.05) is 0 Å². The summed E-state index contributed by atoms with van der Waals surface area (Å²) in [6.45, 7) is 3.61. The maximum absolute atomic E-state index is 14.4. The number of hydrogen-bond donors (Lipinski definition) is 2. The van der Waals surface area contributed by atoms with Crippen molar-refractivity contribution >= 4 is 22.5 Å². The van der Waals surface area contributed by atoms with E-state index < -0.39 is 11.5 Å². The lowest BCUT2D eigenvalue weighted by molar-refractivity contribution is -0.0139. The van der Waals surface area contributed by atoms with E-state index in [2.05, 4.69) is 30.9 Å². The molecule has 11 nitrogen and oxygen atoms in total. The van der Waals surface area contributed by atoms with Crippen LogP contribution in [-0.4, -0.2) is 67.5 Å². The van der Waals surface area contributed by atoms with Gasteiger partial charge in [-0.2, -0.15) is 0 Å². The molecular weight excluding hydrogens is 498 g/mol. The Bertz CT molecular complexity index is 1590. The smallest absolute Gasteiger partial charge is 0.196 e. The summed E-state index contributed by atoms with van der Waals surface area (Å²) in [7, 11) is 0. The van der Waals surface area contributed by atoms with Gasteiger partial charge in [-0.05, 0) is 67.5 Å². The number of Topliss-reactive ketones (excluding diaryl/α,β-unsaturated/α-hetero) is 2. The lowest BCUT2D eigenvalue weighted by Crippen LogP contribution is -2.58. The number of H-pyrrole nitrogens is 1. The summed E-state index contributed by atoms with van der Waals surface area (Å²) in [6, 6.07) is 8.77. The van der Waals surface area contributed by atoms with E-state index >= 15 is 0 Å². The Morgan fingerprint density at radius 1 is 1.18 bits per heavy atom. The van der Waals surface area contributed by atoms with E-state index in [-0.39, 0.29) is 17.3 Å². The molecule has 198 valence electrons. The summed E-state index contributed by atoms with van der Waals surface area (Å²) in [5.74, 6) is 0.0676. The zero-order chi connectivity index (χ0) is 26.6. The highest BCUT2D eigenvalue weighted by Gasteiger charge is 2.54. The van der Waals surface area contributed by atoms with E-state index in [1.165, 1.54) is 0 Å². The number of ether oxygens (including phenoxy) is 2. The number of carbonyl (C=O) groups is 2. The first-order chi connectivity index (χ1) is 19.1. The molecule has 7 rings (SSSR count). The molecule has 3 aliphatic rings. The molecule has 0 bridgehead atoms. The number of ketones is 2. The van der Waals surface area contributed by atoms with Crippen LogP contribution in [0.2, 0.25) is 0 Å². The highest BCUT2D eigenvalue weighted by molar-refractivity contribution is 6.19. The number of nitrogens with one attached hydrogen (secondary N) is 2. The van der Waals surface area contributed by atoms with Crippen LogP contribution in [0.1, 0.15) is 65.1 Å². The van der Waals surface area contributed by atoms with Crippen molar-refractivity contribution in [2.24, 2.45) is 5.92 Å². The predicted molar refractivity (Wildman–Crippen MR) is 140 cm³/mol. The van der Waals surface area contributed by atoms with Crippen molar-refractivity contribution in [1.82, 2.24) is 35.9 Å². The standard InChI is InChI=1S/C28H27N7O4/c1-2-38-21-14-19(31-24-17(21)7-10-30-23(24)15-3-4-15)26(37)22-25(36)18-13-16(27-32-34-35-33-27)5-6-20(18)39-28(22)8-11-29-12-9-28/h5-7,10,13-15,22,29H,2-4,8-9,11-12H2,1H3,(H,32,33,34,35)/t22-/m1/s1. The Labute approximate surface area is 223 Å². The maximum Gasteiger partial charge on any atom is 0.196 e. The quantitative estimate of drug-likeness (QED) is 0.284. The fourth-order valence-corrected chi connectivity index (χ4v) is 5.86. The lowest BCUT2D eigenvalue weighted by atomic mass is 9.71. The molecule has 1 aromatic carbocycles. The Balaban J connectivity index is 1.36. The largest absolute Gasteiger partial charge is 0.493 e. The number of fused-ring (bicyclic) bond motifs is 2. The number of aromatic nitrogens is 6. The third kappa shape index (κ3) is 3.95. The van der Waals surface area contributed by atoms with Gasteiger partial charge in [0.25, 0.3) is 0 Å². The number of tetrazole rings is 1. The predicted octanol–water partition coefficient (Wildman–Crippen LogP) is 3.28. The van der Waals surface area contributed by atoms with Gasteiger partial charge in [0.05, 0.1) is 23.4 Å². The second kappa shape index (κ2) is 9.19. The second-order valence-corrected chi connectivity index (χ2v) is 10.3. The summed E-state index contributed by atoms with van der Waals surface area (Å²) in [6.07, 6.45) is 4.89. The number of pyridine rings is 2. The molecule has 2 fully saturated rings.